The van der Waals surface area contributed by atoms with E-state index in [0.717, 1.165) is 28.5 Å². The summed E-state index contributed by atoms with van der Waals surface area (Å²) >= 11 is 7.91. The Hall–Kier alpha value is -2.31. The fourth-order valence-electron chi connectivity index (χ4n) is 3.05. The minimum Gasteiger partial charge on any atom is -0.508 e. The zero-order valence-corrected chi connectivity index (χ0v) is 15.3. The Kier molecular flexibility index (Phi) is 4.70. The molecule has 0 bridgehead atoms. The maximum Gasteiger partial charge on any atom is 0.155 e. The molecule has 9 heteroatoms. The number of benzene rings is 1. The number of ether oxygens (including phenoxy) is 1. The number of morpholine rings is 1. The first-order valence-electron chi connectivity index (χ1n) is 8.11. The number of amidine groups is 1. The van der Waals surface area contributed by atoms with Gasteiger partial charge in [-0.15, -0.1) is 11.3 Å². The summed E-state index contributed by atoms with van der Waals surface area (Å²) < 4.78 is 5.43. The van der Waals surface area contributed by atoms with Crippen molar-refractivity contribution >= 4 is 33.8 Å². The van der Waals surface area contributed by atoms with E-state index in [1.54, 1.807) is 12.1 Å². The van der Waals surface area contributed by atoms with E-state index in [1.807, 2.05) is 0 Å². The molecule has 3 heterocycles. The molecule has 26 heavy (non-hydrogen) atoms. The van der Waals surface area contributed by atoms with E-state index in [2.05, 4.69) is 26.8 Å². The Morgan fingerprint density at radius 1 is 1.35 bits per heavy atom. The highest BCUT2D eigenvalue weighted by Crippen LogP contribution is 2.45. The predicted octanol–water partition coefficient (Wildman–Crippen LogP) is 2.29. The summed E-state index contributed by atoms with van der Waals surface area (Å²) in [5, 5.41) is 20.9. The second kappa shape index (κ2) is 7.13. The maximum atomic E-state index is 9.92. The van der Waals surface area contributed by atoms with Crippen LogP contribution in [-0.2, 0) is 4.74 Å². The van der Waals surface area contributed by atoms with E-state index >= 15 is 0 Å². The third-order valence-electron chi connectivity index (χ3n) is 4.26. The van der Waals surface area contributed by atoms with Gasteiger partial charge in [0.2, 0.25) is 0 Å². The van der Waals surface area contributed by atoms with Gasteiger partial charge in [0.1, 0.15) is 23.5 Å². The standard InChI is InChI=1S/C17H16ClN5O2S/c18-13-7-10(24)1-2-11(13)14-12(8-19)17(23-3-5-25-6-4-23)26-15(14)16-20-9-21-22-16/h1-2,7,21,24H,3-6,9H2,(H,20,22). The lowest BCUT2D eigenvalue weighted by Crippen LogP contribution is -2.36. The molecule has 2 aliphatic heterocycles. The van der Waals surface area contributed by atoms with Crippen LogP contribution in [0.4, 0.5) is 5.00 Å². The molecule has 0 unspecified atom stereocenters. The zero-order valence-electron chi connectivity index (χ0n) is 13.8. The first-order chi connectivity index (χ1) is 12.7. The number of thiophene rings is 1. The van der Waals surface area contributed by atoms with Crippen molar-refractivity contribution in [3.05, 3.63) is 33.7 Å². The van der Waals surface area contributed by atoms with Crippen molar-refractivity contribution in [2.75, 3.05) is 37.9 Å². The maximum absolute atomic E-state index is 9.92. The number of hydrogen-bond acceptors (Lipinski definition) is 8. The summed E-state index contributed by atoms with van der Waals surface area (Å²) in [4.78, 5) is 7.44. The summed E-state index contributed by atoms with van der Waals surface area (Å²) in [7, 11) is 0. The molecule has 0 spiro atoms. The van der Waals surface area contributed by atoms with Gasteiger partial charge in [0.05, 0.1) is 28.7 Å². The Morgan fingerprint density at radius 2 is 2.15 bits per heavy atom. The van der Waals surface area contributed by atoms with Crippen LogP contribution in [0.25, 0.3) is 11.1 Å². The fourth-order valence-corrected chi connectivity index (χ4v) is 4.60. The number of nitrogens with one attached hydrogen (secondary N) is 2. The molecule has 2 aromatic rings. The van der Waals surface area contributed by atoms with Gasteiger partial charge in [0.15, 0.2) is 5.84 Å². The average molecular weight is 390 g/mol. The molecule has 0 atom stereocenters. The SMILES string of the molecule is N#Cc1c(N2CCOCC2)sc(C2=NCNN2)c1-c1ccc(O)cc1Cl. The lowest BCUT2D eigenvalue weighted by Gasteiger charge is -2.27. The van der Waals surface area contributed by atoms with Gasteiger partial charge in [-0.1, -0.05) is 11.6 Å². The molecule has 0 amide bonds. The van der Waals surface area contributed by atoms with Crippen molar-refractivity contribution in [1.82, 2.24) is 10.9 Å². The number of aromatic hydroxyl groups is 1. The van der Waals surface area contributed by atoms with Crippen LogP contribution in [0.2, 0.25) is 5.02 Å². The van der Waals surface area contributed by atoms with E-state index in [9.17, 15) is 10.4 Å². The number of hydrazine groups is 1. The number of phenols is 1. The van der Waals surface area contributed by atoms with Crippen LogP contribution in [0, 0.1) is 11.3 Å². The lowest BCUT2D eigenvalue weighted by atomic mass is 10.0. The number of rotatable bonds is 3. The van der Waals surface area contributed by atoms with Gasteiger partial charge in [-0.25, -0.2) is 10.4 Å². The van der Waals surface area contributed by atoms with Crippen LogP contribution >= 0.6 is 22.9 Å². The Labute approximate surface area is 159 Å². The van der Waals surface area contributed by atoms with Crippen LogP contribution in [0.3, 0.4) is 0 Å². The lowest BCUT2D eigenvalue weighted by molar-refractivity contribution is 0.123. The summed E-state index contributed by atoms with van der Waals surface area (Å²) in [5.74, 6) is 0.769. The van der Waals surface area contributed by atoms with Gasteiger partial charge >= 0.3 is 0 Å². The molecule has 1 fully saturated rings. The van der Waals surface area contributed by atoms with Gasteiger partial charge in [0, 0.05) is 24.2 Å². The third-order valence-corrected chi connectivity index (χ3v) is 5.83. The molecule has 1 aromatic heterocycles. The van der Waals surface area contributed by atoms with Crippen LogP contribution in [-0.4, -0.2) is 43.9 Å². The molecule has 0 radical (unpaired) electrons. The molecule has 7 nitrogen and oxygen atoms in total. The molecule has 0 aliphatic carbocycles. The molecule has 134 valence electrons. The van der Waals surface area contributed by atoms with Gasteiger partial charge in [-0.2, -0.15) is 5.26 Å². The number of phenolic OH excluding ortho intramolecular Hbond substituents is 1. The van der Waals surface area contributed by atoms with Crippen molar-refractivity contribution in [2.45, 2.75) is 0 Å². The van der Waals surface area contributed by atoms with Crippen molar-refractivity contribution < 1.29 is 9.84 Å². The Bertz CT molecular complexity index is 915. The summed E-state index contributed by atoms with van der Waals surface area (Å²) in [5.41, 5.74) is 8.01. The highest BCUT2D eigenvalue weighted by atomic mass is 35.5. The van der Waals surface area contributed by atoms with E-state index in [0.29, 0.717) is 41.9 Å². The summed E-state index contributed by atoms with van der Waals surface area (Å²) in [6, 6.07) is 7.13. The number of aliphatic imine (C=N–C) groups is 1. The zero-order chi connectivity index (χ0) is 18.1. The van der Waals surface area contributed by atoms with Gasteiger partial charge in [-0.05, 0) is 18.2 Å². The van der Waals surface area contributed by atoms with Crippen molar-refractivity contribution in [2.24, 2.45) is 4.99 Å². The van der Waals surface area contributed by atoms with E-state index in [4.69, 9.17) is 16.3 Å². The topological polar surface area (TPSA) is 92.9 Å². The van der Waals surface area contributed by atoms with Crippen molar-refractivity contribution in [3.63, 3.8) is 0 Å². The summed E-state index contributed by atoms with van der Waals surface area (Å²) in [6.45, 7) is 3.19. The number of nitrogens with zero attached hydrogens (tertiary/aromatic N) is 3. The fraction of sp³-hybridized carbons (Fsp3) is 0.294. The van der Waals surface area contributed by atoms with Crippen LogP contribution in [0.15, 0.2) is 23.2 Å². The smallest absolute Gasteiger partial charge is 0.155 e. The Morgan fingerprint density at radius 3 is 2.81 bits per heavy atom. The van der Waals surface area contributed by atoms with Crippen LogP contribution < -0.4 is 15.8 Å². The number of nitriles is 1. The highest BCUT2D eigenvalue weighted by molar-refractivity contribution is 7.19. The molecular weight excluding hydrogens is 374 g/mol. The minimum atomic E-state index is 0.0837. The molecule has 1 aromatic carbocycles. The largest absolute Gasteiger partial charge is 0.508 e. The monoisotopic (exact) mass is 389 g/mol. The number of halogens is 1. The average Bonchev–Trinajstić information content (AvgIpc) is 3.30. The Balaban J connectivity index is 1.92. The number of anilines is 1. The third kappa shape index (κ3) is 2.99. The van der Waals surface area contributed by atoms with E-state index in [-0.39, 0.29) is 5.75 Å². The minimum absolute atomic E-state index is 0.0837. The molecular formula is C17H16ClN5O2S. The second-order valence-electron chi connectivity index (χ2n) is 5.83. The van der Waals surface area contributed by atoms with E-state index in [1.165, 1.54) is 17.4 Å². The molecule has 4 rings (SSSR count). The second-order valence-corrected chi connectivity index (χ2v) is 7.23. The van der Waals surface area contributed by atoms with Crippen LogP contribution in [0.1, 0.15) is 10.4 Å². The van der Waals surface area contributed by atoms with Gasteiger partial charge in [0.25, 0.3) is 0 Å². The number of hydrogen-bond donors (Lipinski definition) is 3. The summed E-state index contributed by atoms with van der Waals surface area (Å²) in [6.07, 6.45) is 0. The van der Waals surface area contributed by atoms with Crippen LogP contribution in [0.5, 0.6) is 5.75 Å². The molecule has 1 saturated heterocycles. The van der Waals surface area contributed by atoms with Gasteiger partial charge < -0.3 is 20.2 Å². The normalized spacial score (nSPS) is 16.9. The van der Waals surface area contributed by atoms with Gasteiger partial charge in [-0.3, -0.25) is 0 Å². The van der Waals surface area contributed by atoms with Crippen molar-refractivity contribution in [3.8, 4) is 22.9 Å². The molecule has 3 N–H and O–H groups in total. The predicted molar refractivity (Wildman–Crippen MR) is 102 cm³/mol. The van der Waals surface area contributed by atoms with Crippen molar-refractivity contribution in [1.29, 1.82) is 5.26 Å². The molecule has 2 aliphatic rings. The van der Waals surface area contributed by atoms with E-state index < -0.39 is 0 Å². The molecule has 0 saturated carbocycles. The first-order valence-corrected chi connectivity index (χ1v) is 9.30. The quantitative estimate of drug-likeness (QED) is 0.745. The highest BCUT2D eigenvalue weighted by Gasteiger charge is 2.28. The first kappa shape index (κ1) is 17.1.